The molecule has 0 spiro atoms. The first kappa shape index (κ1) is 18.1. The van der Waals surface area contributed by atoms with Gasteiger partial charge in [-0.3, -0.25) is 0 Å². The third kappa shape index (κ3) is 3.12. The summed E-state index contributed by atoms with van der Waals surface area (Å²) in [5.41, 5.74) is 3.70. The van der Waals surface area contributed by atoms with Crippen LogP contribution in [0.25, 0.3) is 27.6 Å². The zero-order valence-electron chi connectivity index (χ0n) is 15.5. The van der Waals surface area contributed by atoms with E-state index in [9.17, 15) is 10.4 Å². The lowest BCUT2D eigenvalue weighted by Gasteiger charge is -2.12. The molecule has 0 amide bonds. The van der Waals surface area contributed by atoms with E-state index in [2.05, 4.69) is 32.5 Å². The van der Waals surface area contributed by atoms with Gasteiger partial charge < -0.3 is 14.7 Å². The van der Waals surface area contributed by atoms with Gasteiger partial charge in [0.2, 0.25) is 0 Å². The molecule has 2 heterocycles. The first-order chi connectivity index (χ1) is 13.6. The number of nitriles is 1. The summed E-state index contributed by atoms with van der Waals surface area (Å²) in [5, 5.41) is 20.9. The molecule has 4 aromatic rings. The molecular weight excluding hydrogens is 370 g/mol. The molecule has 1 atom stereocenters. The van der Waals surface area contributed by atoms with Gasteiger partial charge in [0.25, 0.3) is 0 Å². The molecule has 2 aromatic heterocycles. The predicted octanol–water partition coefficient (Wildman–Crippen LogP) is 4.91. The second-order valence-corrected chi connectivity index (χ2v) is 7.67. The highest BCUT2D eigenvalue weighted by Crippen LogP contribution is 2.32. The van der Waals surface area contributed by atoms with Gasteiger partial charge in [0, 0.05) is 6.54 Å². The molecule has 28 heavy (non-hydrogen) atoms. The van der Waals surface area contributed by atoms with Gasteiger partial charge in [-0.25, -0.2) is 9.97 Å². The van der Waals surface area contributed by atoms with Gasteiger partial charge in [-0.05, 0) is 38.1 Å². The number of rotatable bonds is 5. The molecule has 0 fully saturated rings. The van der Waals surface area contributed by atoms with Crippen LogP contribution in [-0.2, 0) is 6.54 Å². The molecule has 0 aliphatic rings. The summed E-state index contributed by atoms with van der Waals surface area (Å²) in [7, 11) is 0. The minimum Gasteiger partial charge on any atom is -0.510 e. The van der Waals surface area contributed by atoms with Gasteiger partial charge in [0.05, 0.1) is 27.3 Å². The molecule has 0 aliphatic heterocycles. The number of hydrogen-bond donors (Lipinski definition) is 2. The molecule has 0 saturated carbocycles. The molecule has 1 unspecified atom stereocenters. The van der Waals surface area contributed by atoms with Crippen molar-refractivity contribution < 1.29 is 5.11 Å². The van der Waals surface area contributed by atoms with Crippen molar-refractivity contribution in [1.82, 2.24) is 19.5 Å². The van der Waals surface area contributed by atoms with Crippen LogP contribution < -0.4 is 0 Å². The number of benzene rings is 2. The van der Waals surface area contributed by atoms with Crippen molar-refractivity contribution in [1.29, 1.82) is 5.26 Å². The molecule has 4 rings (SSSR count). The summed E-state index contributed by atoms with van der Waals surface area (Å²) in [6.07, 6.45) is 0. The lowest BCUT2D eigenvalue weighted by molar-refractivity contribution is 0.401. The first-order valence-corrected chi connectivity index (χ1v) is 9.90. The van der Waals surface area contributed by atoms with Crippen LogP contribution in [0.15, 0.2) is 59.4 Å². The van der Waals surface area contributed by atoms with E-state index in [1.807, 2.05) is 55.5 Å². The van der Waals surface area contributed by atoms with Crippen LogP contribution in [0.5, 0.6) is 0 Å². The van der Waals surface area contributed by atoms with Crippen molar-refractivity contribution >= 4 is 39.4 Å². The maximum Gasteiger partial charge on any atom is 0.169 e. The van der Waals surface area contributed by atoms with Gasteiger partial charge in [-0.15, -0.1) is 0 Å². The van der Waals surface area contributed by atoms with E-state index >= 15 is 0 Å². The summed E-state index contributed by atoms with van der Waals surface area (Å²) in [5.74, 6) is 0.360. The molecule has 6 nitrogen and oxygen atoms in total. The van der Waals surface area contributed by atoms with Crippen LogP contribution in [0.2, 0.25) is 0 Å². The number of aryl methyl sites for hydroxylation is 1. The number of aliphatic hydroxyl groups is 1. The van der Waals surface area contributed by atoms with Gasteiger partial charge in [0.1, 0.15) is 17.4 Å². The Morgan fingerprint density at radius 3 is 2.61 bits per heavy atom. The number of imidazole rings is 2. The normalized spacial score (nSPS) is 13.5. The molecular formula is C21H19N5OS. The minimum absolute atomic E-state index is 0.0127. The predicted molar refractivity (Wildman–Crippen MR) is 112 cm³/mol. The van der Waals surface area contributed by atoms with Crippen LogP contribution in [0.4, 0.5) is 0 Å². The lowest BCUT2D eigenvalue weighted by atomic mass is 10.2. The lowest BCUT2D eigenvalue weighted by Crippen LogP contribution is -2.07. The van der Waals surface area contributed by atoms with Crippen molar-refractivity contribution in [2.24, 2.45) is 0 Å². The molecule has 0 saturated heterocycles. The van der Waals surface area contributed by atoms with E-state index in [1.54, 1.807) is 0 Å². The number of allylic oxidation sites excluding steroid dienone is 1. The van der Waals surface area contributed by atoms with E-state index < -0.39 is 0 Å². The summed E-state index contributed by atoms with van der Waals surface area (Å²) in [6, 6.07) is 17.6. The average molecular weight is 389 g/mol. The fourth-order valence-corrected chi connectivity index (χ4v) is 4.22. The Labute approximate surface area is 166 Å². The summed E-state index contributed by atoms with van der Waals surface area (Å²) < 4.78 is 2.11. The number of fused-ring (bicyclic) bond motifs is 2. The second kappa shape index (κ2) is 7.41. The average Bonchev–Trinajstić information content (AvgIpc) is 3.28. The smallest absolute Gasteiger partial charge is 0.169 e. The Bertz CT molecular complexity index is 1200. The van der Waals surface area contributed by atoms with Crippen LogP contribution in [-0.4, -0.2) is 29.9 Å². The second-order valence-electron chi connectivity index (χ2n) is 6.36. The summed E-state index contributed by atoms with van der Waals surface area (Å²) in [4.78, 5) is 12.2. The number of nitrogens with one attached hydrogen (secondary N) is 1. The van der Waals surface area contributed by atoms with E-state index in [4.69, 9.17) is 0 Å². The van der Waals surface area contributed by atoms with Gasteiger partial charge in [-0.2, -0.15) is 5.26 Å². The maximum absolute atomic E-state index is 10.8. The van der Waals surface area contributed by atoms with Gasteiger partial charge in [0.15, 0.2) is 11.0 Å². The largest absolute Gasteiger partial charge is 0.510 e. The first-order valence-electron chi connectivity index (χ1n) is 9.02. The standard InChI is InChI=1S/C21H19N5OS/c1-3-26-18-11-7-6-10-17(18)25-21(26)28-13(2)19(27)14(12-22)20-23-15-8-4-5-9-16(15)24-20/h4-11,13,27H,3H2,1-2H3,(H,23,24)/b19-14-. The number of aromatic nitrogens is 4. The fourth-order valence-electron chi connectivity index (χ4n) is 3.17. The number of hydrogen-bond acceptors (Lipinski definition) is 5. The van der Waals surface area contributed by atoms with Crippen LogP contribution in [0.3, 0.4) is 0 Å². The highest BCUT2D eigenvalue weighted by atomic mass is 32.2. The number of para-hydroxylation sites is 4. The van der Waals surface area contributed by atoms with Crippen molar-refractivity contribution in [3.05, 3.63) is 60.1 Å². The number of thioether (sulfide) groups is 1. The molecule has 0 bridgehead atoms. The van der Waals surface area contributed by atoms with Crippen LogP contribution in [0, 0.1) is 11.3 Å². The highest BCUT2D eigenvalue weighted by Gasteiger charge is 2.21. The SMILES string of the molecule is CCn1c(SC(C)/C(O)=C(\C#N)c2nc3ccccc3[nH]2)nc2ccccc21. The van der Waals surface area contributed by atoms with E-state index in [0.29, 0.717) is 5.82 Å². The Hall–Kier alpha value is -3.24. The van der Waals surface area contributed by atoms with E-state index in [0.717, 1.165) is 33.8 Å². The molecule has 140 valence electrons. The number of H-pyrrole nitrogens is 1. The molecule has 2 aromatic carbocycles. The number of aromatic amines is 1. The zero-order chi connectivity index (χ0) is 19.7. The van der Waals surface area contributed by atoms with E-state index in [1.165, 1.54) is 11.8 Å². The highest BCUT2D eigenvalue weighted by molar-refractivity contribution is 8.00. The molecule has 0 radical (unpaired) electrons. The minimum atomic E-state index is -0.357. The Balaban J connectivity index is 1.70. The Kier molecular flexibility index (Phi) is 4.80. The molecule has 0 aliphatic carbocycles. The van der Waals surface area contributed by atoms with Crippen LogP contribution >= 0.6 is 11.8 Å². The van der Waals surface area contributed by atoms with Crippen molar-refractivity contribution in [2.45, 2.75) is 30.8 Å². The topological polar surface area (TPSA) is 90.5 Å². The number of aliphatic hydroxyl groups excluding tert-OH is 1. The third-order valence-corrected chi connectivity index (χ3v) is 5.70. The van der Waals surface area contributed by atoms with Crippen LogP contribution in [0.1, 0.15) is 19.7 Å². The van der Waals surface area contributed by atoms with Crippen molar-refractivity contribution in [3.8, 4) is 6.07 Å². The molecule has 7 heteroatoms. The zero-order valence-corrected chi connectivity index (χ0v) is 16.4. The number of nitrogens with zero attached hydrogens (tertiary/aromatic N) is 4. The third-order valence-electron chi connectivity index (χ3n) is 4.60. The quantitative estimate of drug-likeness (QED) is 0.288. The van der Waals surface area contributed by atoms with Gasteiger partial charge in [-0.1, -0.05) is 36.0 Å². The fraction of sp³-hybridized carbons (Fsp3) is 0.190. The summed E-state index contributed by atoms with van der Waals surface area (Å²) in [6.45, 7) is 4.70. The van der Waals surface area contributed by atoms with Crippen molar-refractivity contribution in [3.63, 3.8) is 0 Å². The Morgan fingerprint density at radius 2 is 1.89 bits per heavy atom. The van der Waals surface area contributed by atoms with Gasteiger partial charge >= 0.3 is 0 Å². The monoisotopic (exact) mass is 389 g/mol. The Morgan fingerprint density at radius 1 is 1.18 bits per heavy atom. The maximum atomic E-state index is 10.8. The van der Waals surface area contributed by atoms with E-state index in [-0.39, 0.29) is 16.6 Å². The van der Waals surface area contributed by atoms with Crippen molar-refractivity contribution in [2.75, 3.05) is 0 Å². The molecule has 2 N–H and O–H groups in total. The summed E-state index contributed by atoms with van der Waals surface area (Å²) >= 11 is 1.43.